The molecule has 3 aromatic heterocycles. The smallest absolute Gasteiger partial charge is 0.226 e. The standard InChI is InChI=1S/C23H25N7OS/c1-29-4-6-30(7-5-29)23(31)14-2-3-17-18(8-14)32-22-20(17)21(26-13-27-22)28-19-9-15-10-24-11-16(15)12-25-19/h9-10,12-14H,2-8,11H2,1H3,(H,25,26,27,28)/t14-/m0/s1. The molecule has 0 unspecified atom stereocenters. The summed E-state index contributed by atoms with van der Waals surface area (Å²) in [6.45, 7) is 4.29. The van der Waals surface area contributed by atoms with Gasteiger partial charge in [0, 0.05) is 60.5 Å². The number of pyridine rings is 1. The Hall–Kier alpha value is -2.91. The fourth-order valence-corrected chi connectivity index (χ4v) is 6.15. The molecule has 1 fully saturated rings. The first-order valence-corrected chi connectivity index (χ1v) is 12.0. The molecule has 164 valence electrons. The van der Waals surface area contributed by atoms with Crippen molar-refractivity contribution in [3.8, 4) is 0 Å². The number of rotatable bonds is 3. The van der Waals surface area contributed by atoms with Gasteiger partial charge in [0.25, 0.3) is 0 Å². The third kappa shape index (κ3) is 3.45. The van der Waals surface area contributed by atoms with Gasteiger partial charge >= 0.3 is 0 Å². The minimum atomic E-state index is 0.0704. The molecule has 0 saturated carbocycles. The van der Waals surface area contributed by atoms with Gasteiger partial charge in [-0.25, -0.2) is 15.0 Å². The van der Waals surface area contributed by atoms with Crippen molar-refractivity contribution in [3.05, 3.63) is 40.2 Å². The normalized spacial score (nSPS) is 20.4. The third-order valence-corrected chi connectivity index (χ3v) is 7.93. The molecule has 0 bridgehead atoms. The van der Waals surface area contributed by atoms with Gasteiger partial charge in [0.15, 0.2) is 0 Å². The number of aryl methyl sites for hydroxylation is 1. The second-order valence-corrected chi connectivity index (χ2v) is 9.92. The van der Waals surface area contributed by atoms with Crippen LogP contribution >= 0.6 is 11.3 Å². The van der Waals surface area contributed by atoms with Crippen molar-refractivity contribution in [2.75, 3.05) is 38.5 Å². The summed E-state index contributed by atoms with van der Waals surface area (Å²) in [7, 11) is 2.12. The van der Waals surface area contributed by atoms with Gasteiger partial charge in [0.1, 0.15) is 22.8 Å². The molecule has 1 aliphatic carbocycles. The first-order chi connectivity index (χ1) is 15.7. The Morgan fingerprint density at radius 2 is 2.06 bits per heavy atom. The molecule has 0 spiro atoms. The number of likely N-dealkylation sites (N-methyl/N-ethyl adjacent to an activating group) is 1. The predicted octanol–water partition coefficient (Wildman–Crippen LogP) is 2.64. The van der Waals surface area contributed by atoms with E-state index in [4.69, 9.17) is 0 Å². The van der Waals surface area contributed by atoms with Crippen molar-refractivity contribution in [2.24, 2.45) is 10.9 Å². The fraction of sp³-hybridized carbons (Fsp3) is 0.435. The molecule has 3 aromatic rings. The third-order valence-electron chi connectivity index (χ3n) is 6.77. The van der Waals surface area contributed by atoms with Crippen molar-refractivity contribution < 1.29 is 4.79 Å². The highest BCUT2D eigenvalue weighted by molar-refractivity contribution is 7.19. The first kappa shape index (κ1) is 19.8. The number of nitrogens with one attached hydrogen (secondary N) is 1. The van der Waals surface area contributed by atoms with E-state index >= 15 is 0 Å². The number of thiophene rings is 1. The van der Waals surface area contributed by atoms with Crippen LogP contribution in [0.2, 0.25) is 0 Å². The molecular weight excluding hydrogens is 422 g/mol. The minimum Gasteiger partial charge on any atom is -0.340 e. The van der Waals surface area contributed by atoms with Crippen molar-refractivity contribution in [2.45, 2.75) is 25.8 Å². The van der Waals surface area contributed by atoms with E-state index in [9.17, 15) is 4.79 Å². The minimum absolute atomic E-state index is 0.0704. The molecule has 32 heavy (non-hydrogen) atoms. The lowest BCUT2D eigenvalue weighted by Gasteiger charge is -2.35. The molecule has 3 aliphatic rings. The second-order valence-electron chi connectivity index (χ2n) is 8.84. The fourth-order valence-electron chi connectivity index (χ4n) is 4.88. The average Bonchev–Trinajstić information content (AvgIpc) is 3.43. The summed E-state index contributed by atoms with van der Waals surface area (Å²) in [6.07, 6.45) is 7.93. The lowest BCUT2D eigenvalue weighted by molar-refractivity contribution is -0.137. The molecule has 0 aromatic carbocycles. The number of anilines is 2. The molecule has 6 rings (SSSR count). The Bertz CT molecular complexity index is 1230. The van der Waals surface area contributed by atoms with Gasteiger partial charge in [0.2, 0.25) is 5.91 Å². The Balaban J connectivity index is 1.26. The van der Waals surface area contributed by atoms with Gasteiger partial charge < -0.3 is 15.1 Å². The number of nitrogens with zero attached hydrogens (tertiary/aromatic N) is 6. The number of aromatic nitrogens is 3. The van der Waals surface area contributed by atoms with Crippen LogP contribution in [0.1, 0.15) is 28.0 Å². The van der Waals surface area contributed by atoms with Crippen LogP contribution in [-0.4, -0.2) is 70.1 Å². The maximum Gasteiger partial charge on any atom is 0.226 e. The van der Waals surface area contributed by atoms with Crippen LogP contribution in [-0.2, 0) is 24.2 Å². The number of piperazine rings is 1. The Kier molecular flexibility index (Phi) is 4.87. The van der Waals surface area contributed by atoms with Crippen molar-refractivity contribution in [3.63, 3.8) is 0 Å². The lowest BCUT2D eigenvalue weighted by Crippen LogP contribution is -2.49. The number of aliphatic imine (C=N–C) groups is 1. The van der Waals surface area contributed by atoms with Gasteiger partial charge in [-0.15, -0.1) is 11.3 Å². The van der Waals surface area contributed by atoms with Crippen LogP contribution in [0, 0.1) is 5.92 Å². The molecule has 8 nitrogen and oxygen atoms in total. The number of fused-ring (bicyclic) bond motifs is 4. The first-order valence-electron chi connectivity index (χ1n) is 11.1. The van der Waals surface area contributed by atoms with E-state index in [1.807, 2.05) is 18.5 Å². The molecule has 0 radical (unpaired) electrons. The van der Waals surface area contributed by atoms with E-state index in [1.165, 1.54) is 10.4 Å². The van der Waals surface area contributed by atoms with Gasteiger partial charge in [-0.05, 0) is 37.9 Å². The highest BCUT2D eigenvalue weighted by Crippen LogP contribution is 2.40. The van der Waals surface area contributed by atoms with E-state index in [0.717, 1.165) is 78.4 Å². The summed E-state index contributed by atoms with van der Waals surface area (Å²) < 4.78 is 0. The van der Waals surface area contributed by atoms with Gasteiger partial charge in [-0.2, -0.15) is 0 Å². The van der Waals surface area contributed by atoms with E-state index in [-0.39, 0.29) is 5.92 Å². The van der Waals surface area contributed by atoms with Gasteiger partial charge in [0.05, 0.1) is 11.9 Å². The summed E-state index contributed by atoms with van der Waals surface area (Å²) in [4.78, 5) is 37.7. The van der Waals surface area contributed by atoms with E-state index in [1.54, 1.807) is 17.7 Å². The summed E-state index contributed by atoms with van der Waals surface area (Å²) in [6, 6.07) is 2.02. The van der Waals surface area contributed by atoms with Crippen LogP contribution in [0.4, 0.5) is 11.6 Å². The zero-order valence-corrected chi connectivity index (χ0v) is 18.9. The average molecular weight is 448 g/mol. The summed E-state index contributed by atoms with van der Waals surface area (Å²) in [5.74, 6) is 1.94. The van der Waals surface area contributed by atoms with Crippen molar-refractivity contribution in [1.29, 1.82) is 0 Å². The monoisotopic (exact) mass is 447 g/mol. The number of hydrogen-bond acceptors (Lipinski definition) is 8. The highest BCUT2D eigenvalue weighted by atomic mass is 32.1. The number of amides is 1. The van der Waals surface area contributed by atoms with Crippen LogP contribution < -0.4 is 5.32 Å². The number of carbonyl (C=O) groups excluding carboxylic acids is 1. The predicted molar refractivity (Wildman–Crippen MR) is 126 cm³/mol. The van der Waals surface area contributed by atoms with E-state index in [2.05, 4.69) is 42.1 Å². The van der Waals surface area contributed by atoms with Crippen LogP contribution in [0.5, 0.6) is 0 Å². The van der Waals surface area contributed by atoms with Crippen LogP contribution in [0.15, 0.2) is 23.6 Å². The van der Waals surface area contributed by atoms with E-state index < -0.39 is 0 Å². The molecule has 2 aliphatic heterocycles. The highest BCUT2D eigenvalue weighted by Gasteiger charge is 2.32. The van der Waals surface area contributed by atoms with Crippen molar-refractivity contribution in [1.82, 2.24) is 24.8 Å². The zero-order valence-electron chi connectivity index (χ0n) is 18.0. The van der Waals surface area contributed by atoms with Crippen molar-refractivity contribution >= 4 is 45.3 Å². The van der Waals surface area contributed by atoms with Gasteiger partial charge in [-0.3, -0.25) is 9.79 Å². The molecule has 5 heterocycles. The Labute approximate surface area is 190 Å². The lowest BCUT2D eigenvalue weighted by atomic mass is 9.86. The molecule has 1 atom stereocenters. The van der Waals surface area contributed by atoms with E-state index in [0.29, 0.717) is 12.5 Å². The quantitative estimate of drug-likeness (QED) is 0.664. The topological polar surface area (TPSA) is 86.6 Å². The summed E-state index contributed by atoms with van der Waals surface area (Å²) in [5, 5.41) is 4.48. The largest absolute Gasteiger partial charge is 0.340 e. The zero-order chi connectivity index (χ0) is 21.7. The molecule has 1 N–H and O–H groups in total. The second kappa shape index (κ2) is 7.90. The Morgan fingerprint density at radius 3 is 2.94 bits per heavy atom. The molecule has 1 saturated heterocycles. The summed E-state index contributed by atoms with van der Waals surface area (Å²) >= 11 is 1.70. The molecule has 1 amide bonds. The summed E-state index contributed by atoms with van der Waals surface area (Å²) in [5.41, 5.74) is 3.54. The Morgan fingerprint density at radius 1 is 1.19 bits per heavy atom. The van der Waals surface area contributed by atoms with Gasteiger partial charge in [-0.1, -0.05) is 0 Å². The van der Waals surface area contributed by atoms with Crippen LogP contribution in [0.25, 0.3) is 10.2 Å². The maximum absolute atomic E-state index is 13.1. The maximum atomic E-state index is 13.1. The molecular formula is C23H25N7OS. The number of hydrogen-bond donors (Lipinski definition) is 1. The van der Waals surface area contributed by atoms with Crippen LogP contribution in [0.3, 0.4) is 0 Å². The molecule has 9 heteroatoms. The SMILES string of the molecule is CN1CCN(C(=O)[C@H]2CCc3c(sc4ncnc(Nc5cc6c(cn5)CN=C6)c34)C2)CC1. The number of carbonyl (C=O) groups is 1.